The number of carboxylic acid groups (broad SMARTS) is 1. The molecule has 9 nitrogen and oxygen atoms in total. The Morgan fingerprint density at radius 1 is 0.897 bits per heavy atom. The quantitative estimate of drug-likeness (QED) is 0.125. The van der Waals surface area contributed by atoms with Gasteiger partial charge in [-0.25, -0.2) is 4.79 Å². The lowest BCUT2D eigenvalue weighted by Crippen LogP contribution is -2.54. The lowest BCUT2D eigenvalue weighted by Gasteiger charge is -2.37. The van der Waals surface area contributed by atoms with Gasteiger partial charge in [-0.2, -0.15) is 5.26 Å². The molecular formula is C46H37Cl2N3O6S. The van der Waals surface area contributed by atoms with E-state index in [2.05, 4.69) is 16.3 Å². The second-order valence-corrected chi connectivity index (χ2v) is 16.1. The molecule has 8 rings (SSSR count). The van der Waals surface area contributed by atoms with Crippen molar-refractivity contribution in [1.82, 2.24) is 10.2 Å². The minimum Gasteiger partial charge on any atom is -0.489 e. The van der Waals surface area contributed by atoms with Gasteiger partial charge in [-0.15, -0.1) is 11.3 Å². The minimum atomic E-state index is -1.13. The molecule has 1 aromatic heterocycles. The van der Waals surface area contributed by atoms with Crippen molar-refractivity contribution in [1.29, 1.82) is 5.26 Å². The Balaban J connectivity index is 0.945. The third kappa shape index (κ3) is 8.99. The van der Waals surface area contributed by atoms with Gasteiger partial charge in [-0.3, -0.25) is 9.69 Å². The second-order valence-electron chi connectivity index (χ2n) is 14.3. The average Bonchev–Trinajstić information content (AvgIpc) is 3.76. The molecule has 1 amide bonds. The van der Waals surface area contributed by atoms with Crippen molar-refractivity contribution in [3.63, 3.8) is 0 Å². The largest absolute Gasteiger partial charge is 0.489 e. The van der Waals surface area contributed by atoms with E-state index in [-0.39, 0.29) is 18.4 Å². The standard InChI is InChI=1S/C46H37Cl2N3O6S/c47-38-16-7-30(18-39(38)48)26-55-36-14-12-33(13-15-36)44-27-56-42-21-34-20-41(51(25-37-2-1-17-58-37)24-35(34)22-43(42)57-44)45(52)50-40(46(53)54)19-28-3-8-31(9-4-28)32-10-5-29(23-49)6-11-32/h1-18,21-22,40-41,44H,19-20,24-27H2,(H,50,52)(H,53,54)/t40?,41-,44+/m0/s1. The number of halogens is 2. The van der Waals surface area contributed by atoms with Gasteiger partial charge in [0.1, 0.15) is 25.0 Å². The first kappa shape index (κ1) is 39.0. The van der Waals surface area contributed by atoms with Crippen LogP contribution in [0.3, 0.4) is 0 Å². The maximum absolute atomic E-state index is 14.1. The summed E-state index contributed by atoms with van der Waals surface area (Å²) < 4.78 is 18.7. The molecule has 0 aliphatic carbocycles. The number of carbonyl (C=O) groups is 2. The molecule has 3 atom stereocenters. The lowest BCUT2D eigenvalue weighted by molar-refractivity contribution is -0.142. The van der Waals surface area contributed by atoms with Gasteiger partial charge in [-0.1, -0.05) is 83.9 Å². The number of amides is 1. The summed E-state index contributed by atoms with van der Waals surface area (Å²) in [5.41, 5.74) is 7.08. The highest BCUT2D eigenvalue weighted by Crippen LogP contribution is 2.41. The van der Waals surface area contributed by atoms with Gasteiger partial charge in [0.05, 0.1) is 27.7 Å². The first-order chi connectivity index (χ1) is 28.2. The molecule has 58 heavy (non-hydrogen) atoms. The van der Waals surface area contributed by atoms with Gasteiger partial charge in [0.15, 0.2) is 17.6 Å². The molecule has 3 heterocycles. The van der Waals surface area contributed by atoms with Crippen LogP contribution >= 0.6 is 34.5 Å². The predicted molar refractivity (Wildman–Crippen MR) is 223 cm³/mol. The van der Waals surface area contributed by atoms with Crippen LogP contribution in [-0.2, 0) is 42.1 Å². The maximum atomic E-state index is 14.1. The van der Waals surface area contributed by atoms with Crippen LogP contribution in [0.25, 0.3) is 11.1 Å². The zero-order valence-electron chi connectivity index (χ0n) is 31.1. The summed E-state index contributed by atoms with van der Waals surface area (Å²) in [6, 6.07) is 36.4. The third-order valence-corrected chi connectivity index (χ3v) is 12.0. The Labute approximate surface area is 349 Å². The summed E-state index contributed by atoms with van der Waals surface area (Å²) in [6.45, 7) is 1.64. The normalized spacial score (nSPS) is 16.4. The molecule has 6 aromatic rings. The Morgan fingerprint density at radius 3 is 2.31 bits per heavy atom. The van der Waals surface area contributed by atoms with E-state index in [1.165, 1.54) is 0 Å². The molecule has 1 unspecified atom stereocenters. The molecule has 0 bridgehead atoms. The second kappa shape index (κ2) is 17.3. The number of benzene rings is 5. The molecule has 5 aromatic carbocycles. The van der Waals surface area contributed by atoms with Crippen LogP contribution in [0.1, 0.15) is 44.4 Å². The van der Waals surface area contributed by atoms with E-state index in [9.17, 15) is 14.7 Å². The summed E-state index contributed by atoms with van der Waals surface area (Å²) in [5.74, 6) is 0.489. The Bertz CT molecular complexity index is 2470. The fourth-order valence-electron chi connectivity index (χ4n) is 7.25. The van der Waals surface area contributed by atoms with Crippen molar-refractivity contribution >= 4 is 46.4 Å². The van der Waals surface area contributed by atoms with Gasteiger partial charge in [0.25, 0.3) is 0 Å². The molecule has 0 saturated heterocycles. The van der Waals surface area contributed by atoms with Crippen LogP contribution in [0.2, 0.25) is 10.0 Å². The summed E-state index contributed by atoms with van der Waals surface area (Å²) in [5, 5.41) is 25.2. The van der Waals surface area contributed by atoms with Gasteiger partial charge in [0.2, 0.25) is 5.91 Å². The zero-order chi connectivity index (χ0) is 40.2. The van der Waals surface area contributed by atoms with Crippen LogP contribution in [0.5, 0.6) is 17.2 Å². The number of nitriles is 1. The number of rotatable bonds is 12. The number of ether oxygens (including phenoxy) is 3. The van der Waals surface area contributed by atoms with E-state index in [4.69, 9.17) is 42.7 Å². The van der Waals surface area contributed by atoms with Crippen LogP contribution in [0.4, 0.5) is 0 Å². The highest BCUT2D eigenvalue weighted by Gasteiger charge is 2.36. The Kier molecular flexibility index (Phi) is 11.7. The van der Waals surface area contributed by atoms with E-state index < -0.39 is 18.1 Å². The van der Waals surface area contributed by atoms with Crippen molar-refractivity contribution in [2.24, 2.45) is 0 Å². The van der Waals surface area contributed by atoms with Crippen molar-refractivity contribution in [2.75, 3.05) is 6.61 Å². The molecule has 12 heteroatoms. The number of thiophene rings is 1. The highest BCUT2D eigenvalue weighted by atomic mass is 35.5. The highest BCUT2D eigenvalue weighted by molar-refractivity contribution is 7.09. The summed E-state index contributed by atoms with van der Waals surface area (Å²) in [7, 11) is 0. The van der Waals surface area contributed by atoms with Gasteiger partial charge in [-0.05, 0) is 105 Å². The molecule has 2 aliphatic heterocycles. The van der Waals surface area contributed by atoms with E-state index in [1.807, 2.05) is 96.4 Å². The molecule has 2 aliphatic rings. The first-order valence-corrected chi connectivity index (χ1v) is 20.3. The smallest absolute Gasteiger partial charge is 0.326 e. The average molecular weight is 831 g/mol. The Morgan fingerprint density at radius 2 is 1.62 bits per heavy atom. The van der Waals surface area contributed by atoms with Crippen LogP contribution in [-0.4, -0.2) is 40.6 Å². The molecule has 0 saturated carbocycles. The van der Waals surface area contributed by atoms with Crippen LogP contribution in [0.15, 0.2) is 121 Å². The van der Waals surface area contributed by atoms with Gasteiger partial charge >= 0.3 is 5.97 Å². The number of fused-ring (bicyclic) bond motifs is 2. The molecule has 0 fully saturated rings. The third-order valence-electron chi connectivity index (χ3n) is 10.4. The SMILES string of the molecule is N#Cc1ccc(-c2ccc(CC(NC(=O)[C@@H]3Cc4cc5c(cc4CN3Cc3cccs3)O[C@@H](c3ccc(OCc4ccc(Cl)c(Cl)c4)cc3)CO5)C(=O)O)cc2)cc1. The monoisotopic (exact) mass is 829 g/mol. The first-order valence-electron chi connectivity index (χ1n) is 18.7. The van der Waals surface area contributed by atoms with Crippen LogP contribution in [0, 0.1) is 11.3 Å². The van der Waals surface area contributed by atoms with Gasteiger partial charge in [0, 0.05) is 24.4 Å². The van der Waals surface area contributed by atoms with E-state index in [0.717, 1.165) is 43.8 Å². The maximum Gasteiger partial charge on any atom is 0.326 e. The summed E-state index contributed by atoms with van der Waals surface area (Å²) in [4.78, 5) is 29.8. The van der Waals surface area contributed by atoms with E-state index >= 15 is 0 Å². The molecule has 2 N–H and O–H groups in total. The fourth-order valence-corrected chi connectivity index (χ4v) is 8.30. The molecule has 0 radical (unpaired) electrons. The van der Waals surface area contributed by atoms with Gasteiger partial charge < -0.3 is 24.6 Å². The van der Waals surface area contributed by atoms with E-state index in [0.29, 0.717) is 65.6 Å². The molecule has 292 valence electrons. The zero-order valence-corrected chi connectivity index (χ0v) is 33.4. The lowest BCUT2D eigenvalue weighted by atomic mass is 9.92. The number of aliphatic carboxylic acids is 1. The van der Waals surface area contributed by atoms with Crippen molar-refractivity contribution in [3.05, 3.63) is 169 Å². The number of nitrogens with zero attached hydrogens (tertiary/aromatic N) is 2. The molecule has 0 spiro atoms. The van der Waals surface area contributed by atoms with Crippen molar-refractivity contribution in [2.45, 2.75) is 50.7 Å². The van der Waals surface area contributed by atoms with E-state index in [1.54, 1.807) is 35.6 Å². The number of nitrogens with one attached hydrogen (secondary N) is 1. The predicted octanol–water partition coefficient (Wildman–Crippen LogP) is 9.42. The minimum absolute atomic E-state index is 0.122. The van der Waals surface area contributed by atoms with Crippen LogP contribution < -0.4 is 19.5 Å². The van der Waals surface area contributed by atoms with Crippen molar-refractivity contribution in [3.8, 4) is 34.4 Å². The molecular weight excluding hydrogens is 793 g/mol. The Hall–Kier alpha value is -5.83. The van der Waals surface area contributed by atoms with Crippen molar-refractivity contribution < 1.29 is 28.9 Å². The summed E-state index contributed by atoms with van der Waals surface area (Å²) >= 11 is 13.8. The topological polar surface area (TPSA) is 121 Å². The number of hydrogen-bond acceptors (Lipinski definition) is 8. The summed E-state index contributed by atoms with van der Waals surface area (Å²) in [6.07, 6.45) is 0.165. The number of hydrogen-bond donors (Lipinski definition) is 2. The number of carbonyl (C=O) groups excluding carboxylic acids is 1. The fraction of sp³-hybridized carbons (Fsp3) is 0.196. The number of carboxylic acids is 1.